The molecule has 4 heteroatoms. The van der Waals surface area contributed by atoms with E-state index in [9.17, 15) is 4.79 Å². The summed E-state index contributed by atoms with van der Waals surface area (Å²) in [5.74, 6) is 0.0816. The molecule has 0 aliphatic carbocycles. The number of carbonyl (C=O) groups excluding carboxylic acids is 1. The Bertz CT molecular complexity index is 327. The molecule has 0 aromatic heterocycles. The largest absolute Gasteiger partial charge is 0.325 e. The molecule has 0 radical (unpaired) electrons. The molecular weight excluding hydrogens is 262 g/mol. The number of nitrogens with one attached hydrogen (secondary N) is 1. The van der Waals surface area contributed by atoms with Crippen LogP contribution in [0.2, 0.25) is 0 Å². The molecule has 1 aliphatic heterocycles. The van der Waals surface area contributed by atoms with Gasteiger partial charge in [-0.15, -0.1) is 0 Å². The van der Waals surface area contributed by atoms with Crippen LogP contribution in [0, 0.1) is 0 Å². The van der Waals surface area contributed by atoms with Gasteiger partial charge in [0.25, 0.3) is 0 Å². The van der Waals surface area contributed by atoms with Crippen LogP contribution in [0.25, 0.3) is 0 Å². The predicted molar refractivity (Wildman–Crippen MR) is 46.5 cm³/mol. The standard InChI is InChI=1S/C8H6BrNO.Fe/c9-6-2-1-5-3-8(11)10-7(5)4-6;/h1-2,4H,3H2,(H,10,11);. The zero-order valence-corrected chi connectivity index (χ0v) is 8.77. The third kappa shape index (κ3) is 1.71. The first-order valence-electron chi connectivity index (χ1n) is 3.34. The normalized spacial score (nSPS) is 13.2. The average Bonchev–Trinajstić information content (AvgIpc) is 2.27. The molecule has 0 bridgehead atoms. The molecule has 0 saturated heterocycles. The molecular formula is C8H6BrFeNO. The van der Waals surface area contributed by atoms with Gasteiger partial charge in [0.2, 0.25) is 5.91 Å². The Hall–Kier alpha value is -0.311. The first-order chi connectivity index (χ1) is 5.25. The van der Waals surface area contributed by atoms with Crippen LogP contribution >= 0.6 is 15.9 Å². The second-order valence-corrected chi connectivity index (χ2v) is 3.44. The summed E-state index contributed by atoms with van der Waals surface area (Å²) in [6.07, 6.45) is 0.516. The molecule has 2 rings (SSSR count). The number of rotatable bonds is 0. The first kappa shape index (κ1) is 9.78. The van der Waals surface area contributed by atoms with Crippen LogP contribution in [-0.2, 0) is 28.3 Å². The number of carbonyl (C=O) groups is 1. The van der Waals surface area contributed by atoms with E-state index in [4.69, 9.17) is 0 Å². The van der Waals surface area contributed by atoms with Crippen molar-refractivity contribution in [3.8, 4) is 0 Å². The number of benzene rings is 1. The molecule has 1 aliphatic rings. The van der Waals surface area contributed by atoms with Crippen molar-refractivity contribution in [1.82, 2.24) is 0 Å². The zero-order chi connectivity index (χ0) is 7.84. The van der Waals surface area contributed by atoms with Gasteiger partial charge < -0.3 is 5.32 Å². The SMILES string of the molecule is O=C1Cc2ccc(Br)cc2N1.[Fe]. The number of anilines is 1. The molecule has 0 unspecified atom stereocenters. The summed E-state index contributed by atoms with van der Waals surface area (Å²) in [4.78, 5) is 10.9. The van der Waals surface area contributed by atoms with Crippen LogP contribution in [0.3, 0.4) is 0 Å². The van der Waals surface area contributed by atoms with Crippen molar-refractivity contribution in [2.24, 2.45) is 0 Å². The first-order valence-corrected chi connectivity index (χ1v) is 4.13. The predicted octanol–water partition coefficient (Wildman–Crippen LogP) is 1.94. The van der Waals surface area contributed by atoms with E-state index in [0.29, 0.717) is 6.42 Å². The van der Waals surface area contributed by atoms with Crippen molar-refractivity contribution in [3.63, 3.8) is 0 Å². The number of halogens is 1. The van der Waals surface area contributed by atoms with E-state index in [0.717, 1.165) is 15.7 Å². The van der Waals surface area contributed by atoms with Crippen molar-refractivity contribution in [3.05, 3.63) is 28.2 Å². The Kier molecular flexibility index (Phi) is 2.94. The van der Waals surface area contributed by atoms with Gasteiger partial charge in [0.1, 0.15) is 0 Å². The number of fused-ring (bicyclic) bond motifs is 1. The second kappa shape index (κ2) is 3.60. The minimum atomic E-state index is 0. The Morgan fingerprint density at radius 1 is 1.42 bits per heavy atom. The third-order valence-electron chi connectivity index (χ3n) is 1.70. The maximum atomic E-state index is 10.9. The van der Waals surface area contributed by atoms with Gasteiger partial charge in [-0.25, -0.2) is 0 Å². The number of amides is 1. The fraction of sp³-hybridized carbons (Fsp3) is 0.125. The molecule has 1 N–H and O–H groups in total. The van der Waals surface area contributed by atoms with E-state index in [1.54, 1.807) is 0 Å². The second-order valence-electron chi connectivity index (χ2n) is 2.53. The molecule has 1 aromatic rings. The van der Waals surface area contributed by atoms with E-state index in [1.807, 2.05) is 18.2 Å². The van der Waals surface area contributed by atoms with Crippen LogP contribution in [0.15, 0.2) is 22.7 Å². The Balaban J connectivity index is 0.000000720. The van der Waals surface area contributed by atoms with E-state index in [-0.39, 0.29) is 23.0 Å². The van der Waals surface area contributed by atoms with Gasteiger partial charge in [0.05, 0.1) is 6.42 Å². The van der Waals surface area contributed by atoms with Gasteiger partial charge in [0, 0.05) is 27.2 Å². The van der Waals surface area contributed by atoms with E-state index >= 15 is 0 Å². The fourth-order valence-electron chi connectivity index (χ4n) is 1.19. The summed E-state index contributed by atoms with van der Waals surface area (Å²) in [6.45, 7) is 0. The Morgan fingerprint density at radius 3 is 2.92 bits per heavy atom. The Morgan fingerprint density at radius 2 is 2.17 bits per heavy atom. The van der Waals surface area contributed by atoms with Crippen molar-refractivity contribution in [1.29, 1.82) is 0 Å². The van der Waals surface area contributed by atoms with Gasteiger partial charge in [0.15, 0.2) is 0 Å². The molecule has 1 heterocycles. The quantitative estimate of drug-likeness (QED) is 0.716. The van der Waals surface area contributed by atoms with Crippen LogP contribution in [-0.4, -0.2) is 5.91 Å². The van der Waals surface area contributed by atoms with Gasteiger partial charge in [-0.3, -0.25) is 4.79 Å². The van der Waals surface area contributed by atoms with E-state index in [2.05, 4.69) is 21.2 Å². The summed E-state index contributed by atoms with van der Waals surface area (Å²) in [7, 11) is 0. The molecule has 1 aromatic carbocycles. The van der Waals surface area contributed by atoms with E-state index in [1.165, 1.54) is 0 Å². The third-order valence-corrected chi connectivity index (χ3v) is 2.19. The van der Waals surface area contributed by atoms with Crippen molar-refractivity contribution >= 4 is 27.5 Å². The van der Waals surface area contributed by atoms with Crippen molar-refractivity contribution in [2.45, 2.75) is 6.42 Å². The number of hydrogen-bond donors (Lipinski definition) is 1. The number of hydrogen-bond acceptors (Lipinski definition) is 1. The molecule has 64 valence electrons. The van der Waals surface area contributed by atoms with Crippen molar-refractivity contribution in [2.75, 3.05) is 5.32 Å². The topological polar surface area (TPSA) is 29.1 Å². The molecule has 0 spiro atoms. The minimum Gasteiger partial charge on any atom is -0.325 e. The molecule has 2 nitrogen and oxygen atoms in total. The Labute approximate surface area is 89.3 Å². The van der Waals surface area contributed by atoms with Crippen LogP contribution in [0.1, 0.15) is 5.56 Å². The maximum absolute atomic E-state index is 10.9. The monoisotopic (exact) mass is 267 g/mol. The van der Waals surface area contributed by atoms with Crippen LogP contribution in [0.4, 0.5) is 5.69 Å². The molecule has 1 amide bonds. The molecule has 12 heavy (non-hydrogen) atoms. The maximum Gasteiger partial charge on any atom is 0.228 e. The zero-order valence-electron chi connectivity index (χ0n) is 6.08. The minimum absolute atomic E-state index is 0. The van der Waals surface area contributed by atoms with Gasteiger partial charge in [-0.1, -0.05) is 22.0 Å². The summed E-state index contributed by atoms with van der Waals surface area (Å²) in [6, 6.07) is 5.82. The molecule has 0 fully saturated rings. The summed E-state index contributed by atoms with van der Waals surface area (Å²) in [5.41, 5.74) is 2.02. The summed E-state index contributed by atoms with van der Waals surface area (Å²) in [5, 5.41) is 2.77. The fourth-order valence-corrected chi connectivity index (χ4v) is 1.55. The van der Waals surface area contributed by atoms with E-state index < -0.39 is 0 Å². The van der Waals surface area contributed by atoms with Gasteiger partial charge in [-0.2, -0.15) is 0 Å². The van der Waals surface area contributed by atoms with Crippen LogP contribution < -0.4 is 5.32 Å². The van der Waals surface area contributed by atoms with Gasteiger partial charge >= 0.3 is 0 Å². The summed E-state index contributed by atoms with van der Waals surface area (Å²) < 4.78 is 0.999. The van der Waals surface area contributed by atoms with Crippen molar-refractivity contribution < 1.29 is 21.9 Å². The summed E-state index contributed by atoms with van der Waals surface area (Å²) >= 11 is 3.33. The van der Waals surface area contributed by atoms with Gasteiger partial charge in [-0.05, 0) is 17.7 Å². The molecule has 0 atom stereocenters. The molecule has 0 saturated carbocycles. The average molecular weight is 268 g/mol. The van der Waals surface area contributed by atoms with Crippen LogP contribution in [0.5, 0.6) is 0 Å². The smallest absolute Gasteiger partial charge is 0.228 e.